The SMILES string of the molecule is COCCNc1nccn1CCc1cc(F)cc(F)c1. The molecule has 0 aliphatic carbocycles. The van der Waals surface area contributed by atoms with Gasteiger partial charge in [-0.05, 0) is 24.1 Å². The first-order valence-corrected chi connectivity index (χ1v) is 6.38. The van der Waals surface area contributed by atoms with Crippen molar-refractivity contribution < 1.29 is 13.5 Å². The summed E-state index contributed by atoms with van der Waals surface area (Å²) in [7, 11) is 1.63. The molecule has 0 aliphatic rings. The molecule has 1 aromatic carbocycles. The summed E-state index contributed by atoms with van der Waals surface area (Å²) in [5.41, 5.74) is 0.624. The molecule has 108 valence electrons. The lowest BCUT2D eigenvalue weighted by Crippen LogP contribution is -2.13. The molecule has 0 saturated carbocycles. The third kappa shape index (κ3) is 4.03. The number of nitrogens with one attached hydrogen (secondary N) is 1. The Kier molecular flexibility index (Phi) is 5.06. The van der Waals surface area contributed by atoms with E-state index in [1.54, 1.807) is 13.3 Å². The summed E-state index contributed by atoms with van der Waals surface area (Å²) >= 11 is 0. The van der Waals surface area contributed by atoms with E-state index < -0.39 is 11.6 Å². The minimum Gasteiger partial charge on any atom is -0.383 e. The fraction of sp³-hybridized carbons (Fsp3) is 0.357. The summed E-state index contributed by atoms with van der Waals surface area (Å²) < 4.78 is 33.0. The van der Waals surface area contributed by atoms with Gasteiger partial charge >= 0.3 is 0 Å². The third-order valence-corrected chi connectivity index (χ3v) is 2.87. The lowest BCUT2D eigenvalue weighted by Gasteiger charge is -2.09. The van der Waals surface area contributed by atoms with Gasteiger partial charge in [0.25, 0.3) is 0 Å². The van der Waals surface area contributed by atoms with Gasteiger partial charge in [0.05, 0.1) is 6.61 Å². The minimum absolute atomic E-state index is 0.532. The highest BCUT2D eigenvalue weighted by Gasteiger charge is 2.04. The summed E-state index contributed by atoms with van der Waals surface area (Å²) in [5, 5.41) is 3.13. The summed E-state index contributed by atoms with van der Waals surface area (Å²) in [6.07, 6.45) is 4.04. The van der Waals surface area contributed by atoms with Gasteiger partial charge in [0.1, 0.15) is 11.6 Å². The molecule has 0 fully saturated rings. The van der Waals surface area contributed by atoms with Crippen LogP contribution in [0.5, 0.6) is 0 Å². The van der Waals surface area contributed by atoms with E-state index in [0.717, 1.165) is 12.0 Å². The molecule has 0 unspecified atom stereocenters. The molecule has 1 aromatic heterocycles. The molecular formula is C14H17F2N3O. The number of hydrogen-bond donors (Lipinski definition) is 1. The highest BCUT2D eigenvalue weighted by molar-refractivity contribution is 5.26. The van der Waals surface area contributed by atoms with Crippen molar-refractivity contribution in [2.24, 2.45) is 0 Å². The normalized spacial score (nSPS) is 10.8. The lowest BCUT2D eigenvalue weighted by atomic mass is 10.1. The van der Waals surface area contributed by atoms with Crippen molar-refractivity contribution >= 4 is 5.95 Å². The third-order valence-electron chi connectivity index (χ3n) is 2.87. The number of benzene rings is 1. The highest BCUT2D eigenvalue weighted by atomic mass is 19.1. The Morgan fingerprint density at radius 2 is 2.00 bits per heavy atom. The maximum atomic E-state index is 13.1. The van der Waals surface area contributed by atoms with Crippen LogP contribution in [-0.4, -0.2) is 29.8 Å². The predicted octanol–water partition coefficient (Wildman–Crippen LogP) is 2.46. The predicted molar refractivity (Wildman–Crippen MR) is 72.7 cm³/mol. The summed E-state index contributed by atoms with van der Waals surface area (Å²) in [6, 6.07) is 3.56. The number of aromatic nitrogens is 2. The highest BCUT2D eigenvalue weighted by Crippen LogP contribution is 2.11. The van der Waals surface area contributed by atoms with Crippen LogP contribution in [0, 0.1) is 11.6 Å². The zero-order valence-corrected chi connectivity index (χ0v) is 11.3. The standard InChI is InChI=1S/C14H17F2N3O/c1-20-7-4-18-14-17-3-6-19(14)5-2-11-8-12(15)10-13(16)9-11/h3,6,8-10H,2,4-5,7H2,1H3,(H,17,18). The summed E-state index contributed by atoms with van der Waals surface area (Å²) in [4.78, 5) is 4.18. The molecule has 2 rings (SSSR count). The van der Waals surface area contributed by atoms with E-state index in [1.807, 2.05) is 10.8 Å². The molecule has 0 radical (unpaired) electrons. The van der Waals surface area contributed by atoms with Crippen LogP contribution in [0.1, 0.15) is 5.56 Å². The van der Waals surface area contributed by atoms with Crippen LogP contribution in [0.25, 0.3) is 0 Å². The van der Waals surface area contributed by atoms with Crippen molar-refractivity contribution in [2.45, 2.75) is 13.0 Å². The van der Waals surface area contributed by atoms with Gasteiger partial charge in [-0.2, -0.15) is 0 Å². The second-order valence-electron chi connectivity index (χ2n) is 4.39. The number of anilines is 1. The van der Waals surface area contributed by atoms with Crippen LogP contribution in [0.15, 0.2) is 30.6 Å². The molecule has 6 heteroatoms. The van der Waals surface area contributed by atoms with Crippen LogP contribution in [0.2, 0.25) is 0 Å². The van der Waals surface area contributed by atoms with Crippen molar-refractivity contribution in [1.29, 1.82) is 0 Å². The average molecular weight is 281 g/mol. The zero-order valence-electron chi connectivity index (χ0n) is 11.3. The first kappa shape index (κ1) is 14.5. The molecule has 0 spiro atoms. The second-order valence-corrected chi connectivity index (χ2v) is 4.39. The molecule has 20 heavy (non-hydrogen) atoms. The van der Waals surface area contributed by atoms with Crippen LogP contribution in [0.4, 0.5) is 14.7 Å². The number of aryl methyl sites for hydroxylation is 2. The Morgan fingerprint density at radius 3 is 2.70 bits per heavy atom. The molecule has 0 amide bonds. The van der Waals surface area contributed by atoms with Crippen LogP contribution in [0.3, 0.4) is 0 Å². The Hall–Kier alpha value is -1.95. The lowest BCUT2D eigenvalue weighted by molar-refractivity contribution is 0.210. The van der Waals surface area contributed by atoms with Crippen molar-refractivity contribution in [1.82, 2.24) is 9.55 Å². The quantitative estimate of drug-likeness (QED) is 0.792. The van der Waals surface area contributed by atoms with E-state index in [1.165, 1.54) is 12.1 Å². The van der Waals surface area contributed by atoms with Crippen LogP contribution < -0.4 is 5.32 Å². The Morgan fingerprint density at radius 1 is 1.25 bits per heavy atom. The van der Waals surface area contributed by atoms with Gasteiger partial charge in [-0.15, -0.1) is 0 Å². The van der Waals surface area contributed by atoms with Crippen LogP contribution >= 0.6 is 0 Å². The number of imidazole rings is 1. The number of nitrogens with zero attached hydrogens (tertiary/aromatic N) is 2. The molecular weight excluding hydrogens is 264 g/mol. The van der Waals surface area contributed by atoms with Crippen molar-refractivity contribution in [3.05, 3.63) is 47.8 Å². The Labute approximate surface area is 116 Å². The second kappa shape index (κ2) is 7.00. The molecule has 4 nitrogen and oxygen atoms in total. The Bertz CT molecular complexity index is 537. The molecule has 0 atom stereocenters. The smallest absolute Gasteiger partial charge is 0.202 e. The topological polar surface area (TPSA) is 39.1 Å². The first-order valence-electron chi connectivity index (χ1n) is 6.38. The van der Waals surface area contributed by atoms with Gasteiger partial charge in [0.2, 0.25) is 5.95 Å². The van der Waals surface area contributed by atoms with E-state index in [-0.39, 0.29) is 0 Å². The molecule has 0 bridgehead atoms. The van der Waals surface area contributed by atoms with E-state index in [4.69, 9.17) is 4.74 Å². The van der Waals surface area contributed by atoms with E-state index in [2.05, 4.69) is 10.3 Å². The average Bonchev–Trinajstić information content (AvgIpc) is 2.83. The molecule has 1 N–H and O–H groups in total. The molecule has 2 aromatic rings. The largest absolute Gasteiger partial charge is 0.383 e. The zero-order chi connectivity index (χ0) is 14.4. The van der Waals surface area contributed by atoms with Gasteiger partial charge in [-0.25, -0.2) is 13.8 Å². The molecule has 0 saturated heterocycles. The van der Waals surface area contributed by atoms with E-state index in [0.29, 0.717) is 31.7 Å². The fourth-order valence-electron chi connectivity index (χ4n) is 1.93. The van der Waals surface area contributed by atoms with E-state index >= 15 is 0 Å². The van der Waals surface area contributed by atoms with Crippen molar-refractivity contribution in [2.75, 3.05) is 25.6 Å². The first-order chi connectivity index (χ1) is 9.69. The Balaban J connectivity index is 1.95. The minimum atomic E-state index is -0.552. The number of rotatable bonds is 7. The summed E-state index contributed by atoms with van der Waals surface area (Å²) in [6.45, 7) is 1.84. The number of methoxy groups -OCH3 is 1. The summed E-state index contributed by atoms with van der Waals surface area (Å²) in [5.74, 6) is -0.382. The maximum Gasteiger partial charge on any atom is 0.202 e. The van der Waals surface area contributed by atoms with Gasteiger partial charge in [-0.1, -0.05) is 0 Å². The molecule has 0 aliphatic heterocycles. The fourth-order valence-corrected chi connectivity index (χ4v) is 1.93. The van der Waals surface area contributed by atoms with Crippen molar-refractivity contribution in [3.63, 3.8) is 0 Å². The van der Waals surface area contributed by atoms with Gasteiger partial charge in [0.15, 0.2) is 0 Å². The van der Waals surface area contributed by atoms with Crippen LogP contribution in [-0.2, 0) is 17.7 Å². The number of hydrogen-bond acceptors (Lipinski definition) is 3. The van der Waals surface area contributed by atoms with E-state index in [9.17, 15) is 8.78 Å². The van der Waals surface area contributed by atoms with Gasteiger partial charge in [-0.3, -0.25) is 0 Å². The van der Waals surface area contributed by atoms with Gasteiger partial charge < -0.3 is 14.6 Å². The van der Waals surface area contributed by atoms with Crippen molar-refractivity contribution in [3.8, 4) is 0 Å². The maximum absolute atomic E-state index is 13.1. The monoisotopic (exact) mass is 281 g/mol. The number of halogens is 2. The molecule has 1 heterocycles. The number of ether oxygens (including phenoxy) is 1. The van der Waals surface area contributed by atoms with Gasteiger partial charge in [0, 0.05) is 38.7 Å².